The Labute approximate surface area is 182 Å². The van der Waals surface area contributed by atoms with E-state index in [1.165, 1.54) is 4.57 Å². The number of benzene rings is 2. The third-order valence-corrected chi connectivity index (χ3v) is 5.66. The molecule has 0 aliphatic carbocycles. The van der Waals surface area contributed by atoms with Crippen molar-refractivity contribution in [2.24, 2.45) is 7.05 Å². The van der Waals surface area contributed by atoms with E-state index in [1.54, 1.807) is 25.2 Å². The van der Waals surface area contributed by atoms with E-state index < -0.39 is 0 Å². The Morgan fingerprint density at radius 1 is 1.17 bits per heavy atom. The van der Waals surface area contributed by atoms with Crippen LogP contribution in [0.15, 0.2) is 53.3 Å². The van der Waals surface area contributed by atoms with Crippen LogP contribution in [0, 0.1) is 0 Å². The van der Waals surface area contributed by atoms with Crippen LogP contribution in [0.5, 0.6) is 0 Å². The number of fused-ring (bicyclic) bond motifs is 1. The zero-order valence-electron chi connectivity index (χ0n) is 17.8. The van der Waals surface area contributed by atoms with Gasteiger partial charge in [0.15, 0.2) is 0 Å². The fraction of sp³-hybridized carbons (Fsp3) is 0.375. The van der Waals surface area contributed by atoms with E-state index in [9.17, 15) is 9.59 Å². The molecule has 1 atom stereocenters. The highest BCUT2D eigenvalue weighted by Gasteiger charge is 2.25. The zero-order valence-corrected chi connectivity index (χ0v) is 18.5. The standard InChI is InChI=1S/C24H28ClN3O2/c1-4-5-7-12-22(29)28(16-18-10-8-6-9-11-18)17(2)23-26-21-15-19(25)13-14-20(21)24(30)27(23)3/h6,8-11,13-15,17H,4-5,7,12,16H2,1-3H3. The number of carbonyl (C=O) groups is 1. The molecule has 0 aliphatic heterocycles. The molecule has 0 aliphatic rings. The van der Waals surface area contributed by atoms with E-state index in [2.05, 4.69) is 6.92 Å². The van der Waals surface area contributed by atoms with Crippen molar-refractivity contribution in [1.82, 2.24) is 14.5 Å². The van der Waals surface area contributed by atoms with Gasteiger partial charge in [0.1, 0.15) is 5.82 Å². The molecule has 1 aromatic heterocycles. The highest BCUT2D eigenvalue weighted by molar-refractivity contribution is 6.31. The molecule has 1 amide bonds. The van der Waals surface area contributed by atoms with Crippen molar-refractivity contribution in [2.45, 2.75) is 52.1 Å². The van der Waals surface area contributed by atoms with Crippen molar-refractivity contribution in [3.05, 3.63) is 75.3 Å². The molecule has 0 spiro atoms. The number of nitrogens with zero attached hydrogens (tertiary/aromatic N) is 3. The summed E-state index contributed by atoms with van der Waals surface area (Å²) >= 11 is 6.12. The first-order chi connectivity index (χ1) is 14.4. The predicted molar refractivity (Wildman–Crippen MR) is 122 cm³/mol. The number of hydrogen-bond donors (Lipinski definition) is 0. The first kappa shape index (κ1) is 22.0. The molecule has 0 saturated carbocycles. The van der Waals surface area contributed by atoms with E-state index in [1.807, 2.05) is 42.2 Å². The molecule has 0 N–H and O–H groups in total. The maximum absolute atomic E-state index is 13.1. The monoisotopic (exact) mass is 425 g/mol. The summed E-state index contributed by atoms with van der Waals surface area (Å²) in [7, 11) is 1.71. The summed E-state index contributed by atoms with van der Waals surface area (Å²) in [6.07, 6.45) is 3.42. The lowest BCUT2D eigenvalue weighted by Crippen LogP contribution is -2.36. The summed E-state index contributed by atoms with van der Waals surface area (Å²) in [6.45, 7) is 4.52. The van der Waals surface area contributed by atoms with Gasteiger partial charge in [0, 0.05) is 25.0 Å². The minimum Gasteiger partial charge on any atom is -0.328 e. The SMILES string of the molecule is CCCCCC(=O)N(Cc1ccccc1)C(C)c1nc2cc(Cl)ccc2c(=O)n1C. The topological polar surface area (TPSA) is 55.2 Å². The number of halogens is 1. The first-order valence-electron chi connectivity index (χ1n) is 10.4. The van der Waals surface area contributed by atoms with Gasteiger partial charge in [-0.15, -0.1) is 0 Å². The van der Waals surface area contributed by atoms with Crippen LogP contribution in [0.2, 0.25) is 5.02 Å². The Morgan fingerprint density at radius 3 is 2.60 bits per heavy atom. The van der Waals surface area contributed by atoms with Crippen LogP contribution in [0.4, 0.5) is 0 Å². The Bertz CT molecular complexity index is 1080. The third-order valence-electron chi connectivity index (χ3n) is 5.42. The smallest absolute Gasteiger partial charge is 0.261 e. The summed E-state index contributed by atoms with van der Waals surface area (Å²) in [5.74, 6) is 0.620. The normalized spacial score (nSPS) is 12.1. The molecule has 1 unspecified atom stereocenters. The summed E-state index contributed by atoms with van der Waals surface area (Å²) < 4.78 is 1.54. The maximum Gasteiger partial charge on any atom is 0.261 e. The molecular formula is C24H28ClN3O2. The van der Waals surface area contributed by atoms with Crippen LogP contribution in [0.3, 0.4) is 0 Å². The summed E-state index contributed by atoms with van der Waals surface area (Å²) in [5.41, 5.74) is 1.45. The Kier molecular flexibility index (Phi) is 7.27. The van der Waals surface area contributed by atoms with Gasteiger partial charge < -0.3 is 4.90 Å². The van der Waals surface area contributed by atoms with Crippen molar-refractivity contribution < 1.29 is 4.79 Å². The van der Waals surface area contributed by atoms with E-state index in [0.717, 1.165) is 24.8 Å². The minimum atomic E-state index is -0.361. The number of unbranched alkanes of at least 4 members (excludes halogenated alkanes) is 2. The van der Waals surface area contributed by atoms with Crippen molar-refractivity contribution in [2.75, 3.05) is 0 Å². The molecule has 3 rings (SSSR count). The average Bonchev–Trinajstić information content (AvgIpc) is 2.74. The third kappa shape index (κ3) is 4.90. The molecule has 0 radical (unpaired) electrons. The van der Waals surface area contributed by atoms with Crippen LogP contribution in [0.1, 0.15) is 57.0 Å². The predicted octanol–water partition coefficient (Wildman–Crippen LogP) is 5.26. The van der Waals surface area contributed by atoms with Gasteiger partial charge >= 0.3 is 0 Å². The van der Waals surface area contributed by atoms with Gasteiger partial charge in [0.25, 0.3) is 5.56 Å². The Hall–Kier alpha value is -2.66. The highest BCUT2D eigenvalue weighted by atomic mass is 35.5. The highest BCUT2D eigenvalue weighted by Crippen LogP contribution is 2.24. The molecular weight excluding hydrogens is 398 g/mol. The fourth-order valence-electron chi connectivity index (χ4n) is 3.67. The van der Waals surface area contributed by atoms with Gasteiger partial charge in [-0.05, 0) is 37.1 Å². The molecule has 2 aromatic carbocycles. The van der Waals surface area contributed by atoms with Gasteiger partial charge in [-0.2, -0.15) is 0 Å². The number of amides is 1. The lowest BCUT2D eigenvalue weighted by molar-refractivity contribution is -0.134. The van der Waals surface area contributed by atoms with Crippen LogP contribution in [-0.4, -0.2) is 20.4 Å². The van der Waals surface area contributed by atoms with Crippen molar-refractivity contribution in [1.29, 1.82) is 0 Å². The maximum atomic E-state index is 13.1. The van der Waals surface area contributed by atoms with Gasteiger partial charge in [0.2, 0.25) is 5.91 Å². The van der Waals surface area contributed by atoms with Crippen LogP contribution in [0.25, 0.3) is 10.9 Å². The second-order valence-electron chi connectivity index (χ2n) is 7.64. The zero-order chi connectivity index (χ0) is 21.7. The second kappa shape index (κ2) is 9.90. The molecule has 158 valence electrons. The molecule has 0 fully saturated rings. The molecule has 6 heteroatoms. The van der Waals surface area contributed by atoms with E-state index in [4.69, 9.17) is 16.6 Å². The fourth-order valence-corrected chi connectivity index (χ4v) is 3.83. The Balaban J connectivity index is 2.00. The van der Waals surface area contributed by atoms with Crippen molar-refractivity contribution in [3.63, 3.8) is 0 Å². The molecule has 5 nitrogen and oxygen atoms in total. The van der Waals surface area contributed by atoms with E-state index in [0.29, 0.717) is 34.7 Å². The summed E-state index contributed by atoms with van der Waals surface area (Å²) in [4.78, 5) is 32.6. The van der Waals surface area contributed by atoms with E-state index in [-0.39, 0.29) is 17.5 Å². The summed E-state index contributed by atoms with van der Waals surface area (Å²) in [5, 5.41) is 1.04. The van der Waals surface area contributed by atoms with Crippen LogP contribution in [-0.2, 0) is 18.4 Å². The summed E-state index contributed by atoms with van der Waals surface area (Å²) in [6, 6.07) is 14.6. The van der Waals surface area contributed by atoms with Gasteiger partial charge in [-0.25, -0.2) is 4.98 Å². The van der Waals surface area contributed by atoms with E-state index >= 15 is 0 Å². The van der Waals surface area contributed by atoms with Crippen LogP contribution < -0.4 is 5.56 Å². The largest absolute Gasteiger partial charge is 0.328 e. The van der Waals surface area contributed by atoms with Crippen molar-refractivity contribution >= 4 is 28.4 Å². The molecule has 1 heterocycles. The lowest BCUT2D eigenvalue weighted by Gasteiger charge is -2.30. The van der Waals surface area contributed by atoms with Crippen molar-refractivity contribution in [3.8, 4) is 0 Å². The van der Waals surface area contributed by atoms with Crippen LogP contribution >= 0.6 is 11.6 Å². The molecule has 0 saturated heterocycles. The Morgan fingerprint density at radius 2 is 1.90 bits per heavy atom. The molecule has 30 heavy (non-hydrogen) atoms. The lowest BCUT2D eigenvalue weighted by atomic mass is 10.1. The second-order valence-corrected chi connectivity index (χ2v) is 8.07. The molecule has 0 bridgehead atoms. The number of carbonyl (C=O) groups excluding carboxylic acids is 1. The quantitative estimate of drug-likeness (QED) is 0.463. The van der Waals surface area contributed by atoms with Gasteiger partial charge in [-0.3, -0.25) is 14.2 Å². The van der Waals surface area contributed by atoms with Gasteiger partial charge in [-0.1, -0.05) is 61.7 Å². The minimum absolute atomic E-state index is 0.0697. The average molecular weight is 426 g/mol. The first-order valence-corrected chi connectivity index (χ1v) is 10.8. The van der Waals surface area contributed by atoms with Gasteiger partial charge in [0.05, 0.1) is 16.9 Å². The molecule has 3 aromatic rings. The number of rotatable bonds is 8. The number of hydrogen-bond acceptors (Lipinski definition) is 3. The number of aromatic nitrogens is 2.